The minimum atomic E-state index is -0.109. The van der Waals surface area contributed by atoms with Gasteiger partial charge in [0.15, 0.2) is 0 Å². The maximum atomic E-state index is 12.1. The summed E-state index contributed by atoms with van der Waals surface area (Å²) in [5.41, 5.74) is 0. The number of carbonyl (C=O) groups is 1. The molecule has 1 unspecified atom stereocenters. The third-order valence-corrected chi connectivity index (χ3v) is 3.55. The average molecular weight is 269 g/mol. The second-order valence-corrected chi connectivity index (χ2v) is 6.46. The van der Waals surface area contributed by atoms with E-state index in [2.05, 4.69) is 24.1 Å². The molecule has 5 heteroatoms. The van der Waals surface area contributed by atoms with Gasteiger partial charge < -0.3 is 10.2 Å². The van der Waals surface area contributed by atoms with Crippen LogP contribution in [0.15, 0.2) is 6.20 Å². The lowest BCUT2D eigenvalue weighted by molar-refractivity contribution is -0.131. The predicted molar refractivity (Wildman–Crippen MR) is 75.6 cm³/mol. The van der Waals surface area contributed by atoms with E-state index in [4.69, 9.17) is 0 Å². The molecule has 1 atom stereocenters. The standard InChI is InChI=1S/C13H23N3OS/c1-9(2)6-12(13(17)16(4)5)15-8-11-7-14-10(3)18-11/h7,9,12,15H,6,8H2,1-5H3. The number of thiazole rings is 1. The van der Waals surface area contributed by atoms with Gasteiger partial charge in [0.1, 0.15) is 0 Å². The van der Waals surface area contributed by atoms with Gasteiger partial charge >= 0.3 is 0 Å². The lowest BCUT2D eigenvalue weighted by Gasteiger charge is -2.23. The first-order valence-corrected chi connectivity index (χ1v) is 7.07. The fourth-order valence-electron chi connectivity index (χ4n) is 1.77. The first kappa shape index (κ1) is 15.1. The van der Waals surface area contributed by atoms with E-state index in [0.29, 0.717) is 12.5 Å². The summed E-state index contributed by atoms with van der Waals surface area (Å²) in [5, 5.41) is 4.40. The van der Waals surface area contributed by atoms with Crippen LogP contribution in [0.4, 0.5) is 0 Å². The highest BCUT2D eigenvalue weighted by atomic mass is 32.1. The summed E-state index contributed by atoms with van der Waals surface area (Å²) in [4.78, 5) is 19.1. The molecule has 0 spiro atoms. The van der Waals surface area contributed by atoms with Crippen LogP contribution in [0.2, 0.25) is 0 Å². The van der Waals surface area contributed by atoms with Crippen LogP contribution in [0.25, 0.3) is 0 Å². The van der Waals surface area contributed by atoms with E-state index in [1.807, 2.05) is 13.1 Å². The van der Waals surface area contributed by atoms with Crippen LogP contribution >= 0.6 is 11.3 Å². The van der Waals surface area contributed by atoms with Gasteiger partial charge in [-0.1, -0.05) is 13.8 Å². The van der Waals surface area contributed by atoms with Crippen LogP contribution in [-0.4, -0.2) is 35.9 Å². The number of aromatic nitrogens is 1. The zero-order valence-electron chi connectivity index (χ0n) is 11.9. The molecule has 4 nitrogen and oxygen atoms in total. The zero-order chi connectivity index (χ0) is 13.7. The predicted octanol–water partition coefficient (Wildman–Crippen LogP) is 2.04. The Morgan fingerprint density at radius 1 is 1.50 bits per heavy atom. The van der Waals surface area contributed by atoms with E-state index in [0.717, 1.165) is 11.4 Å². The van der Waals surface area contributed by atoms with Gasteiger partial charge in [-0.05, 0) is 19.3 Å². The van der Waals surface area contributed by atoms with Gasteiger partial charge in [0.2, 0.25) is 5.91 Å². The lowest BCUT2D eigenvalue weighted by atomic mass is 10.0. The van der Waals surface area contributed by atoms with Gasteiger partial charge in [0, 0.05) is 31.7 Å². The molecule has 18 heavy (non-hydrogen) atoms. The number of aryl methyl sites for hydroxylation is 1. The van der Waals surface area contributed by atoms with Crippen molar-refractivity contribution in [1.29, 1.82) is 0 Å². The number of amides is 1. The molecule has 0 aromatic carbocycles. The molecule has 0 aliphatic carbocycles. The number of likely N-dealkylation sites (N-methyl/N-ethyl adjacent to an activating group) is 1. The minimum Gasteiger partial charge on any atom is -0.347 e. The number of nitrogens with one attached hydrogen (secondary N) is 1. The molecule has 1 rings (SSSR count). The highest BCUT2D eigenvalue weighted by molar-refractivity contribution is 7.11. The van der Waals surface area contributed by atoms with Crippen molar-refractivity contribution in [2.75, 3.05) is 14.1 Å². The second-order valence-electron chi connectivity index (χ2n) is 5.14. The van der Waals surface area contributed by atoms with E-state index >= 15 is 0 Å². The van der Waals surface area contributed by atoms with Crippen LogP contribution in [0, 0.1) is 12.8 Å². The van der Waals surface area contributed by atoms with Crippen molar-refractivity contribution in [1.82, 2.24) is 15.2 Å². The Labute approximate surface area is 113 Å². The molecule has 1 N–H and O–H groups in total. The summed E-state index contributed by atoms with van der Waals surface area (Å²) in [7, 11) is 3.60. The second kappa shape index (κ2) is 6.85. The molecule has 1 aromatic heterocycles. The lowest BCUT2D eigenvalue weighted by Crippen LogP contribution is -2.44. The molecule has 0 saturated carbocycles. The Balaban J connectivity index is 2.58. The summed E-state index contributed by atoms with van der Waals surface area (Å²) in [6.07, 6.45) is 2.73. The molecule has 1 aromatic rings. The molecule has 0 aliphatic rings. The molecular formula is C13H23N3OS. The number of carbonyl (C=O) groups excluding carboxylic acids is 1. The van der Waals surface area contributed by atoms with Crippen molar-refractivity contribution in [2.45, 2.75) is 39.8 Å². The van der Waals surface area contributed by atoms with Gasteiger partial charge in [-0.25, -0.2) is 4.98 Å². The van der Waals surface area contributed by atoms with Crippen molar-refractivity contribution >= 4 is 17.2 Å². The molecule has 1 amide bonds. The molecular weight excluding hydrogens is 246 g/mol. The molecule has 0 aliphatic heterocycles. The quantitative estimate of drug-likeness (QED) is 0.859. The maximum absolute atomic E-state index is 12.1. The van der Waals surface area contributed by atoms with Gasteiger partial charge in [-0.2, -0.15) is 0 Å². The summed E-state index contributed by atoms with van der Waals surface area (Å²) in [5.74, 6) is 0.638. The summed E-state index contributed by atoms with van der Waals surface area (Å²) < 4.78 is 0. The van der Waals surface area contributed by atoms with Crippen molar-refractivity contribution in [2.24, 2.45) is 5.92 Å². The monoisotopic (exact) mass is 269 g/mol. The Morgan fingerprint density at radius 3 is 2.61 bits per heavy atom. The summed E-state index contributed by atoms with van der Waals surface area (Å²) in [6.45, 7) is 6.97. The van der Waals surface area contributed by atoms with Gasteiger partial charge in [-0.3, -0.25) is 4.79 Å². The first-order chi connectivity index (χ1) is 8.40. The number of hydrogen-bond donors (Lipinski definition) is 1. The van der Waals surface area contributed by atoms with Crippen LogP contribution in [0.5, 0.6) is 0 Å². The van der Waals surface area contributed by atoms with Gasteiger partial charge in [0.25, 0.3) is 0 Å². The van der Waals surface area contributed by atoms with Crippen molar-refractivity contribution in [3.8, 4) is 0 Å². The van der Waals surface area contributed by atoms with E-state index < -0.39 is 0 Å². The van der Waals surface area contributed by atoms with E-state index in [1.165, 1.54) is 4.88 Å². The molecule has 0 bridgehead atoms. The van der Waals surface area contributed by atoms with Crippen LogP contribution < -0.4 is 5.32 Å². The molecule has 102 valence electrons. The van der Waals surface area contributed by atoms with E-state index in [-0.39, 0.29) is 11.9 Å². The smallest absolute Gasteiger partial charge is 0.239 e. The average Bonchev–Trinajstić information content (AvgIpc) is 2.68. The van der Waals surface area contributed by atoms with Gasteiger partial charge in [-0.15, -0.1) is 11.3 Å². The zero-order valence-corrected chi connectivity index (χ0v) is 12.7. The molecule has 1 heterocycles. The Hall–Kier alpha value is -0.940. The third kappa shape index (κ3) is 4.74. The summed E-state index contributed by atoms with van der Waals surface area (Å²) >= 11 is 1.67. The van der Waals surface area contributed by atoms with Crippen LogP contribution in [0.3, 0.4) is 0 Å². The third-order valence-electron chi connectivity index (χ3n) is 2.64. The van der Waals surface area contributed by atoms with E-state index in [9.17, 15) is 4.79 Å². The largest absolute Gasteiger partial charge is 0.347 e. The first-order valence-electron chi connectivity index (χ1n) is 6.26. The summed E-state index contributed by atoms with van der Waals surface area (Å²) in [6, 6.07) is -0.109. The SMILES string of the molecule is Cc1ncc(CNC(CC(C)C)C(=O)N(C)C)s1. The van der Waals surface area contributed by atoms with E-state index in [1.54, 1.807) is 30.3 Å². The fraction of sp³-hybridized carbons (Fsp3) is 0.692. The molecule has 0 radical (unpaired) electrons. The highest BCUT2D eigenvalue weighted by Gasteiger charge is 2.20. The molecule has 0 fully saturated rings. The number of nitrogens with zero attached hydrogens (tertiary/aromatic N) is 2. The van der Waals surface area contributed by atoms with Crippen LogP contribution in [-0.2, 0) is 11.3 Å². The molecule has 0 saturated heterocycles. The van der Waals surface area contributed by atoms with Crippen LogP contribution in [0.1, 0.15) is 30.2 Å². The topological polar surface area (TPSA) is 45.2 Å². The number of rotatable bonds is 6. The normalized spacial score (nSPS) is 12.8. The van der Waals surface area contributed by atoms with Crippen molar-refractivity contribution < 1.29 is 4.79 Å². The Morgan fingerprint density at radius 2 is 2.17 bits per heavy atom. The van der Waals surface area contributed by atoms with Crippen molar-refractivity contribution in [3.63, 3.8) is 0 Å². The fourth-order valence-corrected chi connectivity index (χ4v) is 2.51. The van der Waals surface area contributed by atoms with Gasteiger partial charge in [0.05, 0.1) is 11.0 Å². The Bertz CT molecular complexity index is 387. The maximum Gasteiger partial charge on any atom is 0.239 e. The number of hydrogen-bond acceptors (Lipinski definition) is 4. The minimum absolute atomic E-state index is 0.109. The highest BCUT2D eigenvalue weighted by Crippen LogP contribution is 2.13. The Kier molecular flexibility index (Phi) is 5.75. The van der Waals surface area contributed by atoms with Crippen molar-refractivity contribution in [3.05, 3.63) is 16.1 Å².